The van der Waals surface area contributed by atoms with E-state index in [1.54, 1.807) is 5.94 Å². The standard InChI is InChI=1S/C14H19NO2.BrH/c1-14(2,13-7-4-3-5-8-13)15-9-12-17-11-6-10-16;/h3-8,15H,9,11-12H2,1-2H3;1H. The predicted molar refractivity (Wildman–Crippen MR) is 78.9 cm³/mol. The molecular formula is C14H20BrNO2. The lowest BCUT2D eigenvalue weighted by Gasteiger charge is -2.27. The summed E-state index contributed by atoms with van der Waals surface area (Å²) in [6.45, 7) is 5.92. The summed E-state index contributed by atoms with van der Waals surface area (Å²) in [6.07, 6.45) is 1.34. The Morgan fingerprint density at radius 2 is 2.00 bits per heavy atom. The number of nitrogens with one attached hydrogen (secondary N) is 1. The zero-order valence-electron chi connectivity index (χ0n) is 10.8. The molecule has 1 N–H and O–H groups in total. The quantitative estimate of drug-likeness (QED) is 0.621. The van der Waals surface area contributed by atoms with E-state index >= 15 is 0 Å². The zero-order valence-corrected chi connectivity index (χ0v) is 12.5. The van der Waals surface area contributed by atoms with Crippen LogP contribution in [0, 0.1) is 0 Å². The third-order valence-electron chi connectivity index (χ3n) is 2.59. The van der Waals surface area contributed by atoms with Gasteiger partial charge in [0.2, 0.25) is 0 Å². The summed E-state index contributed by atoms with van der Waals surface area (Å²) in [5.74, 6) is 1.68. The van der Waals surface area contributed by atoms with Crippen LogP contribution < -0.4 is 5.32 Å². The molecule has 0 bridgehead atoms. The number of rotatable bonds is 7. The predicted octanol–water partition coefficient (Wildman–Crippen LogP) is 2.49. The van der Waals surface area contributed by atoms with E-state index in [9.17, 15) is 4.79 Å². The molecule has 1 aromatic carbocycles. The summed E-state index contributed by atoms with van der Waals surface area (Å²) in [5, 5.41) is 3.41. The third-order valence-corrected chi connectivity index (χ3v) is 2.59. The summed E-state index contributed by atoms with van der Waals surface area (Å²) in [7, 11) is 0. The summed E-state index contributed by atoms with van der Waals surface area (Å²) in [5.41, 5.74) is 1.17. The van der Waals surface area contributed by atoms with Gasteiger partial charge < -0.3 is 10.1 Å². The van der Waals surface area contributed by atoms with Gasteiger partial charge in [-0.2, -0.15) is 0 Å². The Labute approximate surface area is 119 Å². The first-order valence-electron chi connectivity index (χ1n) is 5.74. The minimum absolute atomic E-state index is 0. The molecule has 18 heavy (non-hydrogen) atoms. The Morgan fingerprint density at radius 1 is 1.33 bits per heavy atom. The van der Waals surface area contributed by atoms with Crippen molar-refractivity contribution >= 4 is 22.9 Å². The Morgan fingerprint density at radius 3 is 2.61 bits per heavy atom. The van der Waals surface area contributed by atoms with Crippen molar-refractivity contribution in [3.63, 3.8) is 0 Å². The maximum absolute atomic E-state index is 9.91. The van der Waals surface area contributed by atoms with Crippen LogP contribution in [0.4, 0.5) is 0 Å². The van der Waals surface area contributed by atoms with Gasteiger partial charge in [0.05, 0.1) is 13.2 Å². The van der Waals surface area contributed by atoms with Gasteiger partial charge in [-0.1, -0.05) is 30.3 Å². The van der Waals surface area contributed by atoms with E-state index in [0.717, 1.165) is 6.54 Å². The second kappa shape index (κ2) is 9.06. The molecule has 0 heterocycles. The molecule has 0 amide bonds. The Balaban J connectivity index is 0.00000289. The molecular weight excluding hydrogens is 294 g/mol. The van der Waals surface area contributed by atoms with Gasteiger partial charge in [0.1, 0.15) is 5.94 Å². The fourth-order valence-corrected chi connectivity index (χ4v) is 1.57. The zero-order chi connectivity index (χ0) is 12.6. The maximum atomic E-state index is 9.91. The molecule has 0 spiro atoms. The molecule has 0 aliphatic heterocycles. The Kier molecular flexibility index (Phi) is 8.59. The summed E-state index contributed by atoms with van der Waals surface area (Å²) < 4.78 is 5.22. The van der Waals surface area contributed by atoms with Crippen molar-refractivity contribution in [2.45, 2.75) is 19.4 Å². The molecule has 0 radical (unpaired) electrons. The molecule has 1 rings (SSSR count). The van der Waals surface area contributed by atoms with E-state index in [2.05, 4.69) is 31.3 Å². The van der Waals surface area contributed by atoms with Crippen LogP contribution >= 0.6 is 17.0 Å². The van der Waals surface area contributed by atoms with Crippen molar-refractivity contribution in [3.8, 4) is 0 Å². The average molecular weight is 314 g/mol. The van der Waals surface area contributed by atoms with Crippen LogP contribution in [0.3, 0.4) is 0 Å². The van der Waals surface area contributed by atoms with Crippen LogP contribution in [0.15, 0.2) is 36.4 Å². The minimum atomic E-state index is -0.0783. The number of benzene rings is 1. The van der Waals surface area contributed by atoms with Gasteiger partial charge in [-0.3, -0.25) is 0 Å². The molecule has 0 unspecified atom stereocenters. The van der Waals surface area contributed by atoms with Crippen molar-refractivity contribution in [2.75, 3.05) is 19.8 Å². The van der Waals surface area contributed by atoms with Crippen LogP contribution in [0.1, 0.15) is 19.4 Å². The second-order valence-corrected chi connectivity index (χ2v) is 4.31. The monoisotopic (exact) mass is 313 g/mol. The van der Waals surface area contributed by atoms with Crippen LogP contribution in [0.2, 0.25) is 0 Å². The van der Waals surface area contributed by atoms with Crippen LogP contribution in [0.5, 0.6) is 0 Å². The highest BCUT2D eigenvalue weighted by atomic mass is 79.9. The van der Waals surface area contributed by atoms with E-state index in [1.807, 2.05) is 18.2 Å². The lowest BCUT2D eigenvalue weighted by atomic mass is 9.94. The molecule has 3 nitrogen and oxygen atoms in total. The average Bonchev–Trinajstić information content (AvgIpc) is 2.35. The summed E-state index contributed by atoms with van der Waals surface area (Å²) in [4.78, 5) is 9.91. The fraction of sp³-hybridized carbons (Fsp3) is 0.429. The van der Waals surface area contributed by atoms with Crippen LogP contribution in [-0.2, 0) is 15.1 Å². The number of carbonyl (C=O) groups excluding carboxylic acids is 1. The van der Waals surface area contributed by atoms with Gasteiger partial charge >= 0.3 is 0 Å². The van der Waals surface area contributed by atoms with E-state index in [-0.39, 0.29) is 22.5 Å². The summed E-state index contributed by atoms with van der Waals surface area (Å²) >= 11 is 0. The maximum Gasteiger partial charge on any atom is 0.122 e. The molecule has 0 aliphatic rings. The molecule has 0 saturated heterocycles. The normalized spacial score (nSPS) is 10.3. The molecule has 4 heteroatoms. The second-order valence-electron chi connectivity index (χ2n) is 4.31. The van der Waals surface area contributed by atoms with E-state index in [4.69, 9.17) is 4.74 Å². The highest BCUT2D eigenvalue weighted by Gasteiger charge is 2.18. The molecule has 0 aromatic heterocycles. The molecule has 0 aliphatic carbocycles. The topological polar surface area (TPSA) is 38.3 Å². The Hall–Kier alpha value is -0.930. The highest BCUT2D eigenvalue weighted by Crippen LogP contribution is 2.18. The third kappa shape index (κ3) is 6.12. The van der Waals surface area contributed by atoms with Gasteiger partial charge in [-0.15, -0.1) is 17.0 Å². The van der Waals surface area contributed by atoms with Gasteiger partial charge in [0.25, 0.3) is 0 Å². The van der Waals surface area contributed by atoms with E-state index in [1.165, 1.54) is 11.6 Å². The smallest absolute Gasteiger partial charge is 0.122 e. The molecule has 1 aromatic rings. The Bertz CT molecular complexity index is 373. The first kappa shape index (κ1) is 17.1. The van der Waals surface area contributed by atoms with Crippen molar-refractivity contribution in [1.29, 1.82) is 0 Å². The molecule has 0 saturated carbocycles. The van der Waals surface area contributed by atoms with Crippen LogP contribution in [-0.4, -0.2) is 25.7 Å². The van der Waals surface area contributed by atoms with Crippen molar-refractivity contribution < 1.29 is 9.53 Å². The van der Waals surface area contributed by atoms with E-state index < -0.39 is 0 Å². The number of hydrogen-bond acceptors (Lipinski definition) is 3. The fourth-order valence-electron chi connectivity index (χ4n) is 1.57. The molecule has 0 fully saturated rings. The van der Waals surface area contributed by atoms with Gasteiger partial charge in [-0.25, -0.2) is 4.79 Å². The van der Waals surface area contributed by atoms with Crippen molar-refractivity contribution in [3.05, 3.63) is 42.0 Å². The van der Waals surface area contributed by atoms with Gasteiger partial charge in [-0.05, 0) is 19.4 Å². The largest absolute Gasteiger partial charge is 0.375 e. The van der Waals surface area contributed by atoms with Crippen molar-refractivity contribution in [1.82, 2.24) is 5.32 Å². The number of ether oxygens (including phenoxy) is 1. The van der Waals surface area contributed by atoms with E-state index in [0.29, 0.717) is 13.2 Å². The van der Waals surface area contributed by atoms with Crippen LogP contribution in [0.25, 0.3) is 0 Å². The lowest BCUT2D eigenvalue weighted by Crippen LogP contribution is -2.38. The molecule has 100 valence electrons. The van der Waals surface area contributed by atoms with Gasteiger partial charge in [0, 0.05) is 18.2 Å². The first-order valence-corrected chi connectivity index (χ1v) is 5.74. The van der Waals surface area contributed by atoms with Gasteiger partial charge in [0.15, 0.2) is 0 Å². The lowest BCUT2D eigenvalue weighted by molar-refractivity contribution is 0.156. The minimum Gasteiger partial charge on any atom is -0.375 e. The first-order chi connectivity index (χ1) is 8.17. The molecule has 0 atom stereocenters. The highest BCUT2D eigenvalue weighted by molar-refractivity contribution is 8.93. The number of hydrogen-bond donors (Lipinski definition) is 1. The SMILES string of the molecule is Br.CC(C)(NCCOCC=C=O)c1ccccc1. The van der Waals surface area contributed by atoms with Crippen molar-refractivity contribution in [2.24, 2.45) is 0 Å². The number of halogens is 1. The summed E-state index contributed by atoms with van der Waals surface area (Å²) in [6, 6.07) is 10.3.